The Kier molecular flexibility index (Phi) is 4.07. The van der Waals surface area contributed by atoms with E-state index in [2.05, 4.69) is 15.5 Å². The SMILES string of the molecule is CN1CCNCC1c1noc(-c2ccc(F)c(C(F)(F)F)c2)n1. The number of nitrogens with one attached hydrogen (secondary N) is 1. The summed E-state index contributed by atoms with van der Waals surface area (Å²) in [5, 5.41) is 7.03. The molecular formula is C14H14F4N4O. The van der Waals surface area contributed by atoms with Crippen LogP contribution in [0, 0.1) is 5.82 Å². The highest BCUT2D eigenvalue weighted by atomic mass is 19.4. The number of alkyl halides is 3. The van der Waals surface area contributed by atoms with Gasteiger partial charge in [-0.05, 0) is 25.2 Å². The van der Waals surface area contributed by atoms with E-state index in [1.54, 1.807) is 0 Å². The van der Waals surface area contributed by atoms with Crippen molar-refractivity contribution in [1.29, 1.82) is 0 Å². The molecular weight excluding hydrogens is 316 g/mol. The topological polar surface area (TPSA) is 54.2 Å². The molecule has 1 N–H and O–H groups in total. The van der Waals surface area contributed by atoms with Crippen molar-refractivity contribution in [1.82, 2.24) is 20.4 Å². The summed E-state index contributed by atoms with van der Waals surface area (Å²) in [5.74, 6) is -1.02. The van der Waals surface area contributed by atoms with Crippen LogP contribution < -0.4 is 5.32 Å². The molecule has 1 saturated heterocycles. The predicted molar refractivity (Wildman–Crippen MR) is 72.9 cm³/mol. The maximum absolute atomic E-state index is 13.3. The molecule has 2 heterocycles. The van der Waals surface area contributed by atoms with Gasteiger partial charge >= 0.3 is 6.18 Å². The van der Waals surface area contributed by atoms with Gasteiger partial charge in [0.25, 0.3) is 5.89 Å². The summed E-state index contributed by atoms with van der Waals surface area (Å²) >= 11 is 0. The molecule has 0 aliphatic carbocycles. The zero-order chi connectivity index (χ0) is 16.6. The lowest BCUT2D eigenvalue weighted by Crippen LogP contribution is -2.44. The molecule has 1 aromatic heterocycles. The molecule has 0 spiro atoms. The molecule has 9 heteroatoms. The maximum Gasteiger partial charge on any atom is 0.419 e. The van der Waals surface area contributed by atoms with Gasteiger partial charge in [0.2, 0.25) is 0 Å². The second-order valence-corrected chi connectivity index (χ2v) is 5.35. The summed E-state index contributed by atoms with van der Waals surface area (Å²) in [4.78, 5) is 6.18. The molecule has 0 amide bonds. The fraction of sp³-hybridized carbons (Fsp3) is 0.429. The summed E-state index contributed by atoms with van der Waals surface area (Å²) < 4.78 is 56.7. The second kappa shape index (κ2) is 5.89. The van der Waals surface area contributed by atoms with E-state index in [4.69, 9.17) is 4.52 Å². The highest BCUT2D eigenvalue weighted by molar-refractivity contribution is 5.54. The van der Waals surface area contributed by atoms with Crippen LogP contribution in [-0.2, 0) is 6.18 Å². The monoisotopic (exact) mass is 330 g/mol. The number of aromatic nitrogens is 2. The zero-order valence-electron chi connectivity index (χ0n) is 12.2. The van der Waals surface area contributed by atoms with Crippen LogP contribution in [0.25, 0.3) is 11.5 Å². The van der Waals surface area contributed by atoms with E-state index >= 15 is 0 Å². The van der Waals surface area contributed by atoms with E-state index in [1.165, 1.54) is 6.07 Å². The van der Waals surface area contributed by atoms with Gasteiger partial charge in [0, 0.05) is 25.2 Å². The van der Waals surface area contributed by atoms with E-state index in [0.717, 1.165) is 19.2 Å². The summed E-state index contributed by atoms with van der Waals surface area (Å²) in [6, 6.07) is 2.49. The minimum absolute atomic E-state index is 0.0314. The van der Waals surface area contributed by atoms with Crippen LogP contribution in [0.2, 0.25) is 0 Å². The minimum Gasteiger partial charge on any atom is -0.334 e. The number of hydrogen-bond acceptors (Lipinski definition) is 5. The number of nitrogens with zero attached hydrogens (tertiary/aromatic N) is 3. The smallest absolute Gasteiger partial charge is 0.334 e. The lowest BCUT2D eigenvalue weighted by Gasteiger charge is -2.30. The number of halogens is 4. The number of benzene rings is 1. The summed E-state index contributed by atoms with van der Waals surface area (Å²) in [7, 11) is 1.90. The zero-order valence-corrected chi connectivity index (χ0v) is 12.2. The Morgan fingerprint density at radius 1 is 1.35 bits per heavy atom. The fourth-order valence-corrected chi connectivity index (χ4v) is 2.46. The van der Waals surface area contributed by atoms with Crippen LogP contribution in [0.15, 0.2) is 22.7 Å². The first-order valence-corrected chi connectivity index (χ1v) is 6.98. The van der Waals surface area contributed by atoms with E-state index in [0.29, 0.717) is 18.4 Å². The molecule has 1 unspecified atom stereocenters. The molecule has 3 rings (SSSR count). The van der Waals surface area contributed by atoms with Crippen molar-refractivity contribution in [3.05, 3.63) is 35.4 Å². The second-order valence-electron chi connectivity index (χ2n) is 5.35. The van der Waals surface area contributed by atoms with Crippen molar-refractivity contribution in [2.45, 2.75) is 12.2 Å². The van der Waals surface area contributed by atoms with Crippen molar-refractivity contribution >= 4 is 0 Å². The van der Waals surface area contributed by atoms with Crippen LogP contribution in [0.1, 0.15) is 17.4 Å². The van der Waals surface area contributed by atoms with Gasteiger partial charge in [-0.25, -0.2) is 4.39 Å². The Bertz CT molecular complexity index is 700. The molecule has 2 aromatic rings. The normalized spacial score (nSPS) is 20.0. The van der Waals surface area contributed by atoms with Crippen molar-refractivity contribution in [2.24, 2.45) is 0 Å². The standard InChI is InChI=1S/C14H14F4N4O/c1-22-5-4-19-7-11(22)12-20-13(23-21-12)8-2-3-10(15)9(6-8)14(16,17)18/h2-3,6,11,19H,4-5,7H2,1H3. The van der Waals surface area contributed by atoms with Crippen molar-refractivity contribution < 1.29 is 22.1 Å². The quantitative estimate of drug-likeness (QED) is 0.858. The molecule has 1 aromatic carbocycles. The summed E-state index contributed by atoms with van der Waals surface area (Å²) in [6.45, 7) is 2.25. The molecule has 1 fully saturated rings. The van der Waals surface area contributed by atoms with Gasteiger partial charge in [-0.3, -0.25) is 4.90 Å². The average Bonchev–Trinajstić information content (AvgIpc) is 2.96. The highest BCUT2D eigenvalue weighted by Crippen LogP contribution is 2.34. The van der Waals surface area contributed by atoms with Gasteiger partial charge < -0.3 is 9.84 Å². The van der Waals surface area contributed by atoms with E-state index in [1.807, 2.05) is 11.9 Å². The largest absolute Gasteiger partial charge is 0.419 e. The lowest BCUT2D eigenvalue weighted by molar-refractivity contribution is -0.139. The van der Waals surface area contributed by atoms with Gasteiger partial charge in [-0.2, -0.15) is 18.2 Å². The predicted octanol–water partition coefficient (Wildman–Crippen LogP) is 2.47. The third-order valence-electron chi connectivity index (χ3n) is 3.77. The Balaban J connectivity index is 1.91. The van der Waals surface area contributed by atoms with Crippen LogP contribution in [0.3, 0.4) is 0 Å². The number of piperazine rings is 1. The molecule has 23 heavy (non-hydrogen) atoms. The Morgan fingerprint density at radius 3 is 2.83 bits per heavy atom. The Hall–Kier alpha value is -2.00. The molecule has 1 aliphatic heterocycles. The molecule has 1 atom stereocenters. The molecule has 0 radical (unpaired) electrons. The van der Waals surface area contributed by atoms with E-state index in [-0.39, 0.29) is 17.5 Å². The molecule has 1 aliphatic rings. The molecule has 5 nitrogen and oxygen atoms in total. The number of hydrogen-bond donors (Lipinski definition) is 1. The van der Waals surface area contributed by atoms with Crippen molar-refractivity contribution in [3.63, 3.8) is 0 Å². The fourth-order valence-electron chi connectivity index (χ4n) is 2.46. The number of likely N-dealkylation sites (N-methyl/N-ethyl adjacent to an activating group) is 1. The maximum atomic E-state index is 13.3. The molecule has 0 bridgehead atoms. The summed E-state index contributed by atoms with van der Waals surface area (Å²) in [5.41, 5.74) is -1.32. The lowest BCUT2D eigenvalue weighted by atomic mass is 10.1. The van der Waals surface area contributed by atoms with Crippen molar-refractivity contribution in [3.8, 4) is 11.5 Å². The van der Waals surface area contributed by atoms with E-state index in [9.17, 15) is 17.6 Å². The van der Waals surface area contributed by atoms with Crippen LogP contribution in [0.4, 0.5) is 17.6 Å². The van der Waals surface area contributed by atoms with Crippen LogP contribution in [0.5, 0.6) is 0 Å². The average molecular weight is 330 g/mol. The van der Waals surface area contributed by atoms with Crippen LogP contribution >= 0.6 is 0 Å². The molecule has 0 saturated carbocycles. The van der Waals surface area contributed by atoms with E-state index < -0.39 is 17.6 Å². The van der Waals surface area contributed by atoms with Crippen LogP contribution in [-0.4, -0.2) is 41.7 Å². The first-order valence-electron chi connectivity index (χ1n) is 6.98. The highest BCUT2D eigenvalue weighted by Gasteiger charge is 2.35. The van der Waals surface area contributed by atoms with Gasteiger partial charge in [0.15, 0.2) is 5.82 Å². The van der Waals surface area contributed by atoms with Gasteiger partial charge in [-0.15, -0.1) is 0 Å². The summed E-state index contributed by atoms with van der Waals surface area (Å²) in [6.07, 6.45) is -4.78. The third-order valence-corrected chi connectivity index (χ3v) is 3.77. The Labute approximate surface area is 129 Å². The van der Waals surface area contributed by atoms with Gasteiger partial charge in [0.05, 0.1) is 11.6 Å². The Morgan fingerprint density at radius 2 is 2.13 bits per heavy atom. The number of rotatable bonds is 2. The first kappa shape index (κ1) is 15.9. The minimum atomic E-state index is -4.78. The van der Waals surface area contributed by atoms with Crippen molar-refractivity contribution in [2.75, 3.05) is 26.7 Å². The van der Waals surface area contributed by atoms with Gasteiger partial charge in [-0.1, -0.05) is 5.16 Å². The molecule has 124 valence electrons. The first-order chi connectivity index (χ1) is 10.9. The van der Waals surface area contributed by atoms with Gasteiger partial charge in [0.1, 0.15) is 5.82 Å². The third kappa shape index (κ3) is 3.20.